The SMILES string of the molecule is Fc1cccc(F)c1CSc1ccc(CNC2CC2)cc1. The maximum absolute atomic E-state index is 13.5. The van der Waals surface area contributed by atoms with Gasteiger partial charge in [-0.15, -0.1) is 11.8 Å². The van der Waals surface area contributed by atoms with Crippen LogP contribution < -0.4 is 5.32 Å². The van der Waals surface area contributed by atoms with Gasteiger partial charge < -0.3 is 5.32 Å². The van der Waals surface area contributed by atoms with Crippen LogP contribution in [-0.4, -0.2) is 6.04 Å². The Labute approximate surface area is 127 Å². The largest absolute Gasteiger partial charge is 0.310 e. The van der Waals surface area contributed by atoms with E-state index >= 15 is 0 Å². The highest BCUT2D eigenvalue weighted by atomic mass is 32.2. The molecule has 0 aliphatic heterocycles. The summed E-state index contributed by atoms with van der Waals surface area (Å²) in [6.45, 7) is 0.886. The minimum absolute atomic E-state index is 0.141. The number of nitrogens with one attached hydrogen (secondary N) is 1. The van der Waals surface area contributed by atoms with E-state index in [1.165, 1.54) is 48.4 Å². The molecule has 0 aromatic heterocycles. The van der Waals surface area contributed by atoms with E-state index in [4.69, 9.17) is 0 Å². The van der Waals surface area contributed by atoms with E-state index in [-0.39, 0.29) is 5.56 Å². The molecule has 1 aliphatic carbocycles. The molecule has 3 rings (SSSR count). The van der Waals surface area contributed by atoms with Crippen molar-refractivity contribution in [2.24, 2.45) is 0 Å². The molecule has 0 heterocycles. The van der Waals surface area contributed by atoms with Gasteiger partial charge in [-0.1, -0.05) is 18.2 Å². The van der Waals surface area contributed by atoms with Crippen molar-refractivity contribution in [2.75, 3.05) is 0 Å². The fraction of sp³-hybridized carbons (Fsp3) is 0.294. The maximum atomic E-state index is 13.5. The molecule has 0 spiro atoms. The van der Waals surface area contributed by atoms with Crippen molar-refractivity contribution in [3.8, 4) is 0 Å². The molecule has 110 valence electrons. The first kappa shape index (κ1) is 14.5. The van der Waals surface area contributed by atoms with Gasteiger partial charge in [0, 0.05) is 28.8 Å². The second-order valence-electron chi connectivity index (χ2n) is 5.29. The highest BCUT2D eigenvalue weighted by Crippen LogP contribution is 2.26. The molecule has 1 aliphatic rings. The van der Waals surface area contributed by atoms with E-state index < -0.39 is 11.6 Å². The molecule has 2 aromatic carbocycles. The van der Waals surface area contributed by atoms with E-state index in [0.29, 0.717) is 11.8 Å². The summed E-state index contributed by atoms with van der Waals surface area (Å²) in [6.07, 6.45) is 2.56. The van der Waals surface area contributed by atoms with Gasteiger partial charge in [-0.25, -0.2) is 8.78 Å². The Kier molecular flexibility index (Phi) is 4.56. The zero-order chi connectivity index (χ0) is 14.7. The molecule has 2 aromatic rings. The molecule has 0 saturated heterocycles. The molecule has 4 heteroatoms. The lowest BCUT2D eigenvalue weighted by Crippen LogP contribution is -2.14. The van der Waals surface area contributed by atoms with E-state index in [1.807, 2.05) is 12.1 Å². The Balaban J connectivity index is 1.57. The highest BCUT2D eigenvalue weighted by molar-refractivity contribution is 7.98. The first-order chi connectivity index (χ1) is 10.2. The van der Waals surface area contributed by atoms with Crippen LogP contribution in [0.3, 0.4) is 0 Å². The number of halogens is 2. The average molecular weight is 305 g/mol. The van der Waals surface area contributed by atoms with Gasteiger partial charge >= 0.3 is 0 Å². The summed E-state index contributed by atoms with van der Waals surface area (Å²) < 4.78 is 27.1. The van der Waals surface area contributed by atoms with Crippen LogP contribution in [0.2, 0.25) is 0 Å². The quantitative estimate of drug-likeness (QED) is 0.788. The smallest absolute Gasteiger partial charge is 0.130 e. The Bertz CT molecular complexity index is 588. The van der Waals surface area contributed by atoms with E-state index in [2.05, 4.69) is 17.4 Å². The van der Waals surface area contributed by atoms with Crippen LogP contribution in [-0.2, 0) is 12.3 Å². The fourth-order valence-corrected chi connectivity index (χ4v) is 2.99. The van der Waals surface area contributed by atoms with Crippen LogP contribution in [0.25, 0.3) is 0 Å². The van der Waals surface area contributed by atoms with Gasteiger partial charge in [-0.2, -0.15) is 0 Å². The van der Waals surface area contributed by atoms with Crippen LogP contribution in [0, 0.1) is 11.6 Å². The minimum Gasteiger partial charge on any atom is -0.310 e. The van der Waals surface area contributed by atoms with Gasteiger partial charge in [0.25, 0.3) is 0 Å². The molecule has 0 bridgehead atoms. The summed E-state index contributed by atoms with van der Waals surface area (Å²) in [6, 6.07) is 12.8. The lowest BCUT2D eigenvalue weighted by molar-refractivity contribution is 0.566. The summed E-state index contributed by atoms with van der Waals surface area (Å²) in [7, 11) is 0. The Hall–Kier alpha value is -1.39. The summed E-state index contributed by atoms with van der Waals surface area (Å²) in [5, 5.41) is 3.46. The van der Waals surface area contributed by atoms with Gasteiger partial charge in [0.15, 0.2) is 0 Å². The van der Waals surface area contributed by atoms with Crippen molar-refractivity contribution in [3.63, 3.8) is 0 Å². The molecule has 1 N–H and O–H groups in total. The molecular weight excluding hydrogens is 288 g/mol. The predicted octanol–water partition coefficient (Wildman–Crippen LogP) is 4.51. The third-order valence-corrected chi connectivity index (χ3v) is 4.58. The first-order valence-electron chi connectivity index (χ1n) is 7.10. The summed E-state index contributed by atoms with van der Waals surface area (Å²) >= 11 is 1.45. The van der Waals surface area contributed by atoms with E-state index in [0.717, 1.165) is 11.4 Å². The fourth-order valence-electron chi connectivity index (χ4n) is 2.08. The number of hydrogen-bond donors (Lipinski definition) is 1. The lowest BCUT2D eigenvalue weighted by Gasteiger charge is -2.07. The topological polar surface area (TPSA) is 12.0 Å². The molecule has 1 fully saturated rings. The van der Waals surface area contributed by atoms with Gasteiger partial charge in [0.2, 0.25) is 0 Å². The van der Waals surface area contributed by atoms with Gasteiger partial charge in [-0.3, -0.25) is 0 Å². The Morgan fingerprint density at radius 3 is 2.29 bits per heavy atom. The van der Waals surface area contributed by atoms with Crippen LogP contribution in [0.1, 0.15) is 24.0 Å². The number of benzene rings is 2. The molecular formula is C17H17F2NS. The second kappa shape index (κ2) is 6.58. The van der Waals surface area contributed by atoms with Crippen LogP contribution in [0.15, 0.2) is 47.4 Å². The van der Waals surface area contributed by atoms with Crippen molar-refractivity contribution in [2.45, 2.75) is 36.1 Å². The van der Waals surface area contributed by atoms with Crippen molar-refractivity contribution in [3.05, 3.63) is 65.2 Å². The van der Waals surface area contributed by atoms with Crippen molar-refractivity contribution in [1.29, 1.82) is 0 Å². The Morgan fingerprint density at radius 1 is 1.00 bits per heavy atom. The average Bonchev–Trinajstić information content (AvgIpc) is 3.30. The van der Waals surface area contributed by atoms with E-state index in [1.54, 1.807) is 0 Å². The number of rotatable bonds is 6. The zero-order valence-corrected chi connectivity index (χ0v) is 12.4. The molecule has 0 radical (unpaired) electrons. The maximum Gasteiger partial charge on any atom is 0.130 e. The molecule has 1 nitrogen and oxygen atoms in total. The second-order valence-corrected chi connectivity index (χ2v) is 6.34. The van der Waals surface area contributed by atoms with Crippen molar-refractivity contribution < 1.29 is 8.78 Å². The molecule has 0 amide bonds. The summed E-state index contributed by atoms with van der Waals surface area (Å²) in [5.74, 6) is -0.654. The number of hydrogen-bond acceptors (Lipinski definition) is 2. The summed E-state index contributed by atoms with van der Waals surface area (Å²) in [5.41, 5.74) is 1.38. The van der Waals surface area contributed by atoms with Crippen molar-refractivity contribution in [1.82, 2.24) is 5.32 Å². The van der Waals surface area contributed by atoms with Gasteiger partial charge in [0.05, 0.1) is 0 Å². The lowest BCUT2D eigenvalue weighted by atomic mass is 10.2. The van der Waals surface area contributed by atoms with Crippen LogP contribution in [0.4, 0.5) is 8.78 Å². The highest BCUT2D eigenvalue weighted by Gasteiger charge is 2.19. The molecule has 21 heavy (non-hydrogen) atoms. The normalized spacial score (nSPS) is 14.4. The Morgan fingerprint density at radius 2 is 1.67 bits per heavy atom. The zero-order valence-electron chi connectivity index (χ0n) is 11.6. The molecule has 1 saturated carbocycles. The first-order valence-corrected chi connectivity index (χ1v) is 8.09. The minimum atomic E-state index is -0.479. The van der Waals surface area contributed by atoms with E-state index in [9.17, 15) is 8.78 Å². The van der Waals surface area contributed by atoms with Crippen molar-refractivity contribution >= 4 is 11.8 Å². The third kappa shape index (κ3) is 4.05. The molecule has 0 atom stereocenters. The van der Waals surface area contributed by atoms with Gasteiger partial charge in [-0.05, 0) is 42.7 Å². The predicted molar refractivity (Wildman–Crippen MR) is 82.2 cm³/mol. The summed E-state index contributed by atoms with van der Waals surface area (Å²) in [4.78, 5) is 1.02. The third-order valence-electron chi connectivity index (χ3n) is 3.54. The number of thioether (sulfide) groups is 1. The van der Waals surface area contributed by atoms with Gasteiger partial charge in [0.1, 0.15) is 11.6 Å². The monoisotopic (exact) mass is 305 g/mol. The van der Waals surface area contributed by atoms with Crippen LogP contribution in [0.5, 0.6) is 0 Å². The van der Waals surface area contributed by atoms with Crippen LogP contribution >= 0.6 is 11.8 Å². The molecule has 0 unspecified atom stereocenters. The standard InChI is InChI=1S/C17H17F2NS/c18-16-2-1-3-17(19)15(16)11-21-14-8-4-12(5-9-14)10-20-13-6-7-13/h1-5,8-9,13,20H,6-7,10-11H2.